The second-order valence-corrected chi connectivity index (χ2v) is 4.52. The maximum absolute atomic E-state index is 4.77. The SMILES string of the molecule is S=C([S-])Nc1ccccc1NC(=S)[S-].[Ni+2]. The molecule has 0 saturated carbocycles. The molecule has 0 bridgehead atoms. The van der Waals surface area contributed by atoms with Crippen LogP contribution in [0.2, 0.25) is 0 Å². The molecule has 1 aromatic rings. The molecule has 0 aliphatic carbocycles. The fraction of sp³-hybridized carbons (Fsp3) is 0. The van der Waals surface area contributed by atoms with Crippen LogP contribution in [0, 0.1) is 0 Å². The van der Waals surface area contributed by atoms with E-state index in [-0.39, 0.29) is 25.1 Å². The molecule has 0 heterocycles. The third-order valence-corrected chi connectivity index (χ3v) is 1.81. The number of rotatable bonds is 2. The third-order valence-electron chi connectivity index (χ3n) is 1.40. The third kappa shape index (κ3) is 5.54. The number of anilines is 2. The quantitative estimate of drug-likeness (QED) is 0.493. The first-order valence-electron chi connectivity index (χ1n) is 3.64. The molecule has 0 amide bonds. The number of thiocarbonyl (C=S) groups is 2. The zero-order chi connectivity index (χ0) is 10.6. The van der Waals surface area contributed by atoms with E-state index in [1.807, 2.05) is 24.3 Å². The summed E-state index contributed by atoms with van der Waals surface area (Å²) in [6.45, 7) is 0. The summed E-state index contributed by atoms with van der Waals surface area (Å²) in [5, 5.41) is 5.71. The van der Waals surface area contributed by atoms with Gasteiger partial charge in [-0.15, -0.1) is 0 Å². The Hall–Kier alpha value is -0.0665. The van der Waals surface area contributed by atoms with E-state index in [1.54, 1.807) is 0 Å². The first-order valence-corrected chi connectivity index (χ1v) is 5.28. The van der Waals surface area contributed by atoms with Crippen LogP contribution in [0.4, 0.5) is 11.4 Å². The predicted molar refractivity (Wildman–Crippen MR) is 73.6 cm³/mol. The van der Waals surface area contributed by atoms with Gasteiger partial charge in [-0.1, -0.05) is 20.8 Å². The van der Waals surface area contributed by atoms with Crippen LogP contribution >= 0.6 is 24.4 Å². The van der Waals surface area contributed by atoms with E-state index in [0.29, 0.717) is 0 Å². The average molecular weight is 317 g/mol. The van der Waals surface area contributed by atoms with Crippen LogP contribution in [0.3, 0.4) is 0 Å². The van der Waals surface area contributed by atoms with Gasteiger partial charge in [0.15, 0.2) is 0 Å². The maximum atomic E-state index is 4.77. The summed E-state index contributed by atoms with van der Waals surface area (Å²) >= 11 is 19.1. The summed E-state index contributed by atoms with van der Waals surface area (Å²) in [5.74, 6) is 0. The molecule has 15 heavy (non-hydrogen) atoms. The summed E-state index contributed by atoms with van der Waals surface area (Å²) in [4.78, 5) is 0. The van der Waals surface area contributed by atoms with Crippen LogP contribution in [0.15, 0.2) is 24.3 Å². The molecular formula is C8H6N2NiS4. The fourth-order valence-corrected chi connectivity index (χ4v) is 1.36. The van der Waals surface area contributed by atoms with E-state index >= 15 is 0 Å². The molecule has 0 aliphatic rings. The molecule has 1 aromatic carbocycles. The number of nitrogens with one attached hydrogen (secondary N) is 2. The molecule has 1 rings (SSSR count). The predicted octanol–water partition coefficient (Wildman–Crippen LogP) is 2.17. The van der Waals surface area contributed by atoms with Gasteiger partial charge >= 0.3 is 16.5 Å². The number of benzene rings is 1. The zero-order valence-corrected chi connectivity index (χ0v) is 11.5. The van der Waals surface area contributed by atoms with Crippen molar-refractivity contribution >= 4 is 69.7 Å². The number of hydrogen-bond acceptors (Lipinski definition) is 4. The van der Waals surface area contributed by atoms with E-state index in [9.17, 15) is 0 Å². The van der Waals surface area contributed by atoms with E-state index in [2.05, 4.69) is 10.6 Å². The standard InChI is InChI=1S/C8H8N2S4.Ni/c11-7(12)9-5-3-1-2-4-6(5)10-8(13)14;/h1-4H,(H2,9,11,12)(H2,10,13,14);/q;+2/p-2. The van der Waals surface area contributed by atoms with Gasteiger partial charge in [-0.25, -0.2) is 0 Å². The van der Waals surface area contributed by atoms with E-state index in [4.69, 9.17) is 49.7 Å². The van der Waals surface area contributed by atoms with Crippen LogP contribution in [0.1, 0.15) is 0 Å². The topological polar surface area (TPSA) is 24.1 Å². The van der Waals surface area contributed by atoms with Gasteiger partial charge in [-0.2, -0.15) is 0 Å². The van der Waals surface area contributed by atoms with Crippen LogP contribution in [-0.2, 0) is 41.7 Å². The van der Waals surface area contributed by atoms with Gasteiger partial charge in [0.1, 0.15) is 0 Å². The minimum absolute atomic E-state index is 0. The van der Waals surface area contributed by atoms with Crippen molar-refractivity contribution in [3.8, 4) is 0 Å². The van der Waals surface area contributed by atoms with Crippen LogP contribution in [-0.4, -0.2) is 8.64 Å². The average Bonchev–Trinajstić information content (AvgIpc) is 2.06. The summed E-state index contributed by atoms with van der Waals surface area (Å²) < 4.78 is 0.573. The Bertz CT molecular complexity index is 334. The smallest absolute Gasteiger partial charge is 0.411 e. The Labute approximate surface area is 120 Å². The van der Waals surface area contributed by atoms with Crippen molar-refractivity contribution in [1.82, 2.24) is 0 Å². The molecule has 0 fully saturated rings. The fourth-order valence-electron chi connectivity index (χ4n) is 0.921. The largest absolute Gasteiger partial charge is 2.00 e. The van der Waals surface area contributed by atoms with Crippen molar-refractivity contribution in [2.24, 2.45) is 0 Å². The van der Waals surface area contributed by atoms with Crippen LogP contribution in [0.5, 0.6) is 0 Å². The van der Waals surface area contributed by atoms with E-state index in [0.717, 1.165) is 11.4 Å². The molecule has 2 N–H and O–H groups in total. The maximum Gasteiger partial charge on any atom is 2.00 e. The Kier molecular flexibility index (Phi) is 7.21. The molecule has 0 atom stereocenters. The first-order chi connectivity index (χ1) is 6.59. The zero-order valence-electron chi connectivity index (χ0n) is 7.26. The molecule has 82 valence electrons. The molecule has 2 nitrogen and oxygen atoms in total. The molecule has 0 unspecified atom stereocenters. The van der Waals surface area contributed by atoms with Gasteiger partial charge in [0.25, 0.3) is 0 Å². The second-order valence-electron chi connectivity index (χ2n) is 2.37. The summed E-state index contributed by atoms with van der Waals surface area (Å²) in [6.07, 6.45) is 0. The van der Waals surface area contributed by atoms with Gasteiger partial charge in [-0.3, -0.25) is 0 Å². The number of hydrogen-bond donors (Lipinski definition) is 2. The normalized spacial score (nSPS) is 8.53. The van der Waals surface area contributed by atoms with Crippen LogP contribution in [0.25, 0.3) is 0 Å². The Morgan fingerprint density at radius 3 is 1.53 bits per heavy atom. The van der Waals surface area contributed by atoms with Crippen molar-refractivity contribution in [1.29, 1.82) is 0 Å². The Morgan fingerprint density at radius 2 is 1.27 bits per heavy atom. The van der Waals surface area contributed by atoms with Crippen LogP contribution < -0.4 is 10.6 Å². The molecule has 0 radical (unpaired) electrons. The van der Waals surface area contributed by atoms with Crippen molar-refractivity contribution in [3.63, 3.8) is 0 Å². The molecule has 7 heteroatoms. The molecule has 0 aliphatic heterocycles. The minimum atomic E-state index is 0. The van der Waals surface area contributed by atoms with Crippen molar-refractivity contribution < 1.29 is 16.5 Å². The molecule has 0 spiro atoms. The minimum Gasteiger partial charge on any atom is -0.411 e. The Morgan fingerprint density at radius 1 is 0.933 bits per heavy atom. The van der Waals surface area contributed by atoms with Gasteiger partial charge in [0.2, 0.25) is 0 Å². The molecule has 0 aromatic heterocycles. The van der Waals surface area contributed by atoms with E-state index in [1.165, 1.54) is 0 Å². The summed E-state index contributed by atoms with van der Waals surface area (Å²) in [7, 11) is 0. The van der Waals surface area contributed by atoms with E-state index < -0.39 is 0 Å². The Balaban J connectivity index is 0.00000196. The monoisotopic (exact) mass is 316 g/mol. The van der Waals surface area contributed by atoms with Gasteiger partial charge < -0.3 is 60.3 Å². The van der Waals surface area contributed by atoms with Gasteiger partial charge in [0, 0.05) is 0 Å². The second kappa shape index (κ2) is 7.25. The molecule has 0 saturated heterocycles. The van der Waals surface area contributed by atoms with Crippen molar-refractivity contribution in [2.75, 3.05) is 10.6 Å². The summed E-state index contributed by atoms with van der Waals surface area (Å²) in [6, 6.07) is 7.42. The first kappa shape index (κ1) is 14.9. The summed E-state index contributed by atoms with van der Waals surface area (Å²) in [5.41, 5.74) is 1.56. The number of para-hydroxylation sites is 2. The molecular weight excluding hydrogens is 311 g/mol. The van der Waals surface area contributed by atoms with Crippen molar-refractivity contribution in [3.05, 3.63) is 24.3 Å². The van der Waals surface area contributed by atoms with Crippen molar-refractivity contribution in [2.45, 2.75) is 0 Å². The van der Waals surface area contributed by atoms with Gasteiger partial charge in [0.05, 0.1) is 11.4 Å². The van der Waals surface area contributed by atoms with Gasteiger partial charge in [-0.05, 0) is 12.1 Å².